The summed E-state index contributed by atoms with van der Waals surface area (Å²) in [5, 5.41) is 6.58. The zero-order valence-electron chi connectivity index (χ0n) is 17.4. The number of rotatable bonds is 10. The molecule has 1 unspecified atom stereocenters. The van der Waals surface area contributed by atoms with E-state index in [1.165, 1.54) is 0 Å². The van der Waals surface area contributed by atoms with Gasteiger partial charge in [-0.05, 0) is 26.7 Å². The molecule has 1 aliphatic rings. The molecule has 1 atom stereocenters. The van der Waals surface area contributed by atoms with E-state index >= 15 is 0 Å². The second-order valence-corrected chi connectivity index (χ2v) is 6.92. The molecular weight excluding hydrogens is 330 g/mol. The Morgan fingerprint density at radius 3 is 2.35 bits per heavy atom. The first kappa shape index (κ1) is 22.7. The molecule has 7 heteroatoms. The highest BCUT2D eigenvalue weighted by Gasteiger charge is 2.23. The molecule has 152 valence electrons. The van der Waals surface area contributed by atoms with Crippen LogP contribution < -0.4 is 10.6 Å². The van der Waals surface area contributed by atoms with Crippen molar-refractivity contribution in [2.24, 2.45) is 10.9 Å². The molecule has 1 rings (SSSR count). The topological polar surface area (TPSA) is 69.2 Å². The van der Waals surface area contributed by atoms with Crippen LogP contribution in [0.4, 0.5) is 0 Å². The van der Waals surface area contributed by atoms with Gasteiger partial charge in [0.15, 0.2) is 5.96 Å². The van der Waals surface area contributed by atoms with Crippen LogP contribution in [0.2, 0.25) is 0 Å². The highest BCUT2D eigenvalue weighted by Crippen LogP contribution is 2.13. The fourth-order valence-corrected chi connectivity index (χ4v) is 3.21. The standard InChI is InChI=1S/C19H39N5O2/c1-6-20-19(21-10-9-18(25)23(7-2)8-3)22-15-17(16(4)5)24-11-13-26-14-12-24/h16-17H,6-15H2,1-5H3,(H2,20,21,22). The monoisotopic (exact) mass is 369 g/mol. The van der Waals surface area contributed by atoms with Crippen molar-refractivity contribution in [2.75, 3.05) is 59.0 Å². The second kappa shape index (κ2) is 12.9. The van der Waals surface area contributed by atoms with Crippen LogP contribution in [-0.2, 0) is 9.53 Å². The van der Waals surface area contributed by atoms with Gasteiger partial charge >= 0.3 is 0 Å². The van der Waals surface area contributed by atoms with E-state index in [9.17, 15) is 4.79 Å². The summed E-state index contributed by atoms with van der Waals surface area (Å²) < 4.78 is 5.47. The molecule has 0 bridgehead atoms. The average Bonchev–Trinajstić information content (AvgIpc) is 2.63. The fourth-order valence-electron chi connectivity index (χ4n) is 3.21. The summed E-state index contributed by atoms with van der Waals surface area (Å²) in [6, 6.07) is 0.409. The van der Waals surface area contributed by atoms with Gasteiger partial charge in [0.1, 0.15) is 0 Å². The van der Waals surface area contributed by atoms with Crippen molar-refractivity contribution in [3.05, 3.63) is 0 Å². The second-order valence-electron chi connectivity index (χ2n) is 6.92. The van der Waals surface area contributed by atoms with Gasteiger partial charge in [-0.3, -0.25) is 14.7 Å². The van der Waals surface area contributed by atoms with E-state index in [0.717, 1.165) is 58.4 Å². The minimum absolute atomic E-state index is 0.187. The van der Waals surface area contributed by atoms with Gasteiger partial charge in [0, 0.05) is 51.7 Å². The average molecular weight is 370 g/mol. The molecule has 1 heterocycles. The lowest BCUT2D eigenvalue weighted by Gasteiger charge is -2.36. The maximum Gasteiger partial charge on any atom is 0.224 e. The van der Waals surface area contributed by atoms with Gasteiger partial charge in [-0.1, -0.05) is 13.8 Å². The predicted octanol–water partition coefficient (Wildman–Crippen LogP) is 1.16. The summed E-state index contributed by atoms with van der Waals surface area (Å²) in [5.41, 5.74) is 0. The Balaban J connectivity index is 2.56. The van der Waals surface area contributed by atoms with Crippen LogP contribution >= 0.6 is 0 Å². The molecule has 0 aromatic rings. The third-order valence-corrected chi connectivity index (χ3v) is 4.81. The number of carbonyl (C=O) groups excluding carboxylic acids is 1. The Hall–Kier alpha value is -1.34. The van der Waals surface area contributed by atoms with E-state index in [-0.39, 0.29) is 5.91 Å². The third kappa shape index (κ3) is 7.91. The first-order chi connectivity index (χ1) is 12.5. The van der Waals surface area contributed by atoms with Crippen LogP contribution in [0.3, 0.4) is 0 Å². The van der Waals surface area contributed by atoms with Crippen molar-refractivity contribution in [3.8, 4) is 0 Å². The number of morpholine rings is 1. The summed E-state index contributed by atoms with van der Waals surface area (Å²) in [7, 11) is 0. The molecule has 26 heavy (non-hydrogen) atoms. The van der Waals surface area contributed by atoms with Gasteiger partial charge in [0.2, 0.25) is 5.91 Å². The van der Waals surface area contributed by atoms with Crippen molar-refractivity contribution < 1.29 is 9.53 Å². The SMILES string of the molecule is CCNC(=NCC(C(C)C)N1CCOCC1)NCCC(=O)N(CC)CC. The fraction of sp³-hybridized carbons (Fsp3) is 0.895. The first-order valence-electron chi connectivity index (χ1n) is 10.1. The maximum atomic E-state index is 12.1. The number of aliphatic imine (C=N–C) groups is 1. The Bertz CT molecular complexity index is 418. The summed E-state index contributed by atoms with van der Waals surface area (Å²) in [4.78, 5) is 21.2. The van der Waals surface area contributed by atoms with Gasteiger partial charge < -0.3 is 20.3 Å². The van der Waals surface area contributed by atoms with Gasteiger partial charge in [-0.15, -0.1) is 0 Å². The van der Waals surface area contributed by atoms with E-state index in [2.05, 4.69) is 36.3 Å². The molecule has 1 aliphatic heterocycles. The summed E-state index contributed by atoms with van der Waals surface area (Å²) >= 11 is 0. The number of ether oxygens (including phenoxy) is 1. The van der Waals surface area contributed by atoms with Crippen LogP contribution in [0.1, 0.15) is 41.0 Å². The van der Waals surface area contributed by atoms with Crippen molar-refractivity contribution in [3.63, 3.8) is 0 Å². The highest BCUT2D eigenvalue weighted by molar-refractivity contribution is 5.81. The van der Waals surface area contributed by atoms with E-state index in [1.54, 1.807) is 0 Å². The zero-order valence-corrected chi connectivity index (χ0v) is 17.4. The normalized spacial score (nSPS) is 17.2. The number of hydrogen-bond acceptors (Lipinski definition) is 4. The Kier molecular flexibility index (Phi) is 11.3. The number of hydrogen-bond donors (Lipinski definition) is 2. The minimum Gasteiger partial charge on any atom is -0.379 e. The molecule has 1 fully saturated rings. The van der Waals surface area contributed by atoms with Gasteiger partial charge in [-0.25, -0.2) is 0 Å². The lowest BCUT2D eigenvalue weighted by molar-refractivity contribution is -0.130. The third-order valence-electron chi connectivity index (χ3n) is 4.81. The smallest absolute Gasteiger partial charge is 0.224 e. The Morgan fingerprint density at radius 2 is 1.81 bits per heavy atom. The van der Waals surface area contributed by atoms with Crippen LogP contribution in [0.5, 0.6) is 0 Å². The number of guanidine groups is 1. The maximum absolute atomic E-state index is 12.1. The molecule has 1 saturated heterocycles. The van der Waals surface area contributed by atoms with Crippen molar-refractivity contribution in [1.82, 2.24) is 20.4 Å². The largest absolute Gasteiger partial charge is 0.379 e. The minimum atomic E-state index is 0.187. The quantitative estimate of drug-likeness (QED) is 0.447. The molecule has 0 spiro atoms. The van der Waals surface area contributed by atoms with Gasteiger partial charge in [0.05, 0.1) is 19.8 Å². The number of amides is 1. The van der Waals surface area contributed by atoms with Crippen LogP contribution in [-0.4, -0.2) is 86.7 Å². The van der Waals surface area contributed by atoms with E-state index in [1.807, 2.05) is 18.7 Å². The summed E-state index contributed by atoms with van der Waals surface area (Å²) in [5.74, 6) is 1.51. The molecule has 0 saturated carbocycles. The predicted molar refractivity (Wildman–Crippen MR) is 108 cm³/mol. The summed E-state index contributed by atoms with van der Waals surface area (Å²) in [6.45, 7) is 17.8. The number of nitrogens with one attached hydrogen (secondary N) is 2. The Morgan fingerprint density at radius 1 is 1.15 bits per heavy atom. The van der Waals surface area contributed by atoms with Crippen LogP contribution in [0.15, 0.2) is 4.99 Å². The molecule has 0 aromatic heterocycles. The van der Waals surface area contributed by atoms with Crippen LogP contribution in [0.25, 0.3) is 0 Å². The Labute approximate surface area is 159 Å². The van der Waals surface area contributed by atoms with Crippen molar-refractivity contribution >= 4 is 11.9 Å². The van der Waals surface area contributed by atoms with E-state index in [4.69, 9.17) is 9.73 Å². The number of nitrogens with zero attached hydrogens (tertiary/aromatic N) is 3. The van der Waals surface area contributed by atoms with Gasteiger partial charge in [-0.2, -0.15) is 0 Å². The molecule has 1 amide bonds. The van der Waals surface area contributed by atoms with E-state index in [0.29, 0.717) is 24.9 Å². The lowest BCUT2D eigenvalue weighted by atomic mass is 10.0. The van der Waals surface area contributed by atoms with Gasteiger partial charge in [0.25, 0.3) is 0 Å². The van der Waals surface area contributed by atoms with Crippen molar-refractivity contribution in [2.45, 2.75) is 47.1 Å². The van der Waals surface area contributed by atoms with Crippen molar-refractivity contribution in [1.29, 1.82) is 0 Å². The highest BCUT2D eigenvalue weighted by atomic mass is 16.5. The molecule has 0 aliphatic carbocycles. The first-order valence-corrected chi connectivity index (χ1v) is 10.1. The van der Waals surface area contributed by atoms with Crippen LogP contribution in [0, 0.1) is 5.92 Å². The zero-order chi connectivity index (χ0) is 19.4. The summed E-state index contributed by atoms with van der Waals surface area (Å²) in [6.07, 6.45) is 0.489. The van der Waals surface area contributed by atoms with E-state index < -0.39 is 0 Å². The molecule has 7 nitrogen and oxygen atoms in total. The number of carbonyl (C=O) groups is 1. The molecule has 0 radical (unpaired) electrons. The lowest BCUT2D eigenvalue weighted by Crippen LogP contribution is -2.48. The molecule has 2 N–H and O–H groups in total. The molecule has 0 aromatic carbocycles. The molecular formula is C19H39N5O2.